The maximum atomic E-state index is 11.9. The molecule has 0 spiro atoms. The largest absolute Gasteiger partial charge is 0.401 e. The Morgan fingerprint density at radius 3 is 2.29 bits per heavy atom. The highest BCUT2D eigenvalue weighted by atomic mass is 19.4. The third kappa shape index (κ3) is 9.80. The fourth-order valence-corrected chi connectivity index (χ4v) is 1.21. The minimum Gasteiger partial charge on any atom is -0.393 e. The molecule has 0 aliphatic heterocycles. The van der Waals surface area contributed by atoms with Crippen LogP contribution in [0.3, 0.4) is 0 Å². The molecule has 0 saturated heterocycles. The number of aliphatic hydroxyl groups excluding tert-OH is 1. The third-order valence-electron chi connectivity index (χ3n) is 1.86. The van der Waals surface area contributed by atoms with E-state index in [2.05, 4.69) is 0 Å². The summed E-state index contributed by atoms with van der Waals surface area (Å²) in [5.41, 5.74) is 0. The van der Waals surface area contributed by atoms with E-state index in [9.17, 15) is 13.2 Å². The summed E-state index contributed by atoms with van der Waals surface area (Å²) < 4.78 is 35.6. The second kappa shape index (κ2) is 6.24. The van der Waals surface area contributed by atoms with Crippen LogP contribution in [0.15, 0.2) is 0 Å². The first kappa shape index (κ1) is 13.7. The van der Waals surface area contributed by atoms with Crippen LogP contribution < -0.4 is 0 Å². The fraction of sp³-hybridized carbons (Fsp3) is 1.00. The molecule has 2 nitrogen and oxygen atoms in total. The summed E-state index contributed by atoms with van der Waals surface area (Å²) in [5.74, 6) is 0. The Morgan fingerprint density at radius 1 is 1.29 bits per heavy atom. The fourth-order valence-electron chi connectivity index (χ4n) is 1.21. The van der Waals surface area contributed by atoms with Gasteiger partial charge in [-0.15, -0.1) is 0 Å². The minimum absolute atomic E-state index is 0.358. The zero-order valence-corrected chi connectivity index (χ0v) is 8.64. The average Bonchev–Trinajstić information content (AvgIpc) is 1.94. The van der Waals surface area contributed by atoms with Crippen LogP contribution >= 0.6 is 0 Å². The molecule has 0 saturated carbocycles. The van der Waals surface area contributed by atoms with Gasteiger partial charge in [-0.05, 0) is 39.8 Å². The Kier molecular flexibility index (Phi) is 6.11. The van der Waals surface area contributed by atoms with Crippen molar-refractivity contribution >= 4 is 0 Å². The van der Waals surface area contributed by atoms with Crippen LogP contribution in [0.1, 0.15) is 26.2 Å². The predicted octanol–water partition coefficient (Wildman–Crippen LogP) is 2.03. The Hall–Kier alpha value is -0.290. The second-order valence-corrected chi connectivity index (χ2v) is 3.70. The maximum absolute atomic E-state index is 11.9. The van der Waals surface area contributed by atoms with Gasteiger partial charge in [0.25, 0.3) is 0 Å². The molecule has 86 valence electrons. The van der Waals surface area contributed by atoms with Gasteiger partial charge in [-0.3, -0.25) is 4.90 Å². The zero-order valence-electron chi connectivity index (χ0n) is 8.64. The van der Waals surface area contributed by atoms with E-state index in [1.54, 1.807) is 6.92 Å². The van der Waals surface area contributed by atoms with Crippen LogP contribution in [-0.4, -0.2) is 42.4 Å². The van der Waals surface area contributed by atoms with Crippen molar-refractivity contribution < 1.29 is 18.3 Å². The van der Waals surface area contributed by atoms with Gasteiger partial charge in [0.15, 0.2) is 0 Å². The summed E-state index contributed by atoms with van der Waals surface area (Å²) in [4.78, 5) is 1.25. The highest BCUT2D eigenvalue weighted by Crippen LogP contribution is 2.15. The summed E-state index contributed by atoms with van der Waals surface area (Å²) in [5, 5.41) is 8.91. The van der Waals surface area contributed by atoms with E-state index in [1.807, 2.05) is 0 Å². The number of aliphatic hydroxyl groups is 1. The van der Waals surface area contributed by atoms with Gasteiger partial charge < -0.3 is 5.11 Å². The minimum atomic E-state index is -4.11. The summed E-state index contributed by atoms with van der Waals surface area (Å²) >= 11 is 0. The van der Waals surface area contributed by atoms with E-state index < -0.39 is 12.7 Å². The van der Waals surface area contributed by atoms with Gasteiger partial charge in [-0.25, -0.2) is 0 Å². The average molecular weight is 213 g/mol. The van der Waals surface area contributed by atoms with Crippen LogP contribution in [0.2, 0.25) is 0 Å². The first-order valence-corrected chi connectivity index (χ1v) is 4.74. The molecular formula is C9H18F3NO. The molecule has 0 bridgehead atoms. The summed E-state index contributed by atoms with van der Waals surface area (Å²) in [7, 11) is 1.45. The monoisotopic (exact) mass is 213 g/mol. The topological polar surface area (TPSA) is 23.5 Å². The molecule has 1 unspecified atom stereocenters. The Labute approximate surface area is 82.7 Å². The van der Waals surface area contributed by atoms with Crippen molar-refractivity contribution in [2.24, 2.45) is 0 Å². The highest BCUT2D eigenvalue weighted by molar-refractivity contribution is 4.59. The van der Waals surface area contributed by atoms with Crippen LogP contribution in [-0.2, 0) is 0 Å². The maximum Gasteiger partial charge on any atom is 0.401 e. The van der Waals surface area contributed by atoms with Gasteiger partial charge in [0.2, 0.25) is 0 Å². The molecule has 0 heterocycles. The molecule has 0 aromatic rings. The van der Waals surface area contributed by atoms with Gasteiger partial charge in [0.05, 0.1) is 12.6 Å². The number of hydrogen-bond acceptors (Lipinski definition) is 2. The number of alkyl halides is 3. The number of rotatable bonds is 6. The zero-order chi connectivity index (χ0) is 11.2. The number of halogens is 3. The molecule has 14 heavy (non-hydrogen) atoms. The van der Waals surface area contributed by atoms with Gasteiger partial charge in [0.1, 0.15) is 0 Å². The van der Waals surface area contributed by atoms with Crippen molar-refractivity contribution in [3.63, 3.8) is 0 Å². The molecular weight excluding hydrogens is 195 g/mol. The Morgan fingerprint density at radius 2 is 1.86 bits per heavy atom. The third-order valence-corrected chi connectivity index (χ3v) is 1.86. The molecule has 0 aliphatic rings. The molecule has 0 aromatic carbocycles. The quantitative estimate of drug-likeness (QED) is 0.682. The first-order valence-electron chi connectivity index (χ1n) is 4.74. The normalized spacial score (nSPS) is 14.8. The van der Waals surface area contributed by atoms with Crippen molar-refractivity contribution in [3.8, 4) is 0 Å². The number of unbranched alkanes of at least 4 members (excludes halogenated alkanes) is 1. The van der Waals surface area contributed by atoms with Crippen LogP contribution in [0, 0.1) is 0 Å². The Bertz CT molecular complexity index is 147. The van der Waals surface area contributed by atoms with Crippen molar-refractivity contribution in [1.82, 2.24) is 4.90 Å². The molecule has 1 atom stereocenters. The van der Waals surface area contributed by atoms with E-state index >= 15 is 0 Å². The van der Waals surface area contributed by atoms with E-state index in [-0.39, 0.29) is 6.10 Å². The molecule has 0 aliphatic carbocycles. The van der Waals surface area contributed by atoms with Crippen molar-refractivity contribution in [2.45, 2.75) is 38.5 Å². The van der Waals surface area contributed by atoms with E-state index in [0.29, 0.717) is 19.4 Å². The summed E-state index contributed by atoms with van der Waals surface area (Å²) in [6.45, 7) is 1.24. The number of nitrogens with zero attached hydrogens (tertiary/aromatic N) is 1. The molecule has 0 aromatic heterocycles. The first-order chi connectivity index (χ1) is 6.31. The van der Waals surface area contributed by atoms with Crippen LogP contribution in [0.4, 0.5) is 13.2 Å². The molecule has 0 amide bonds. The van der Waals surface area contributed by atoms with Crippen molar-refractivity contribution in [1.29, 1.82) is 0 Å². The highest BCUT2D eigenvalue weighted by Gasteiger charge is 2.28. The van der Waals surface area contributed by atoms with Gasteiger partial charge in [-0.1, -0.05) is 0 Å². The SMILES string of the molecule is CC(O)CCCCN(C)CC(F)(F)F. The molecule has 5 heteroatoms. The molecule has 0 fully saturated rings. The van der Waals surface area contributed by atoms with Crippen LogP contribution in [0.25, 0.3) is 0 Å². The van der Waals surface area contributed by atoms with Gasteiger partial charge in [-0.2, -0.15) is 13.2 Å². The van der Waals surface area contributed by atoms with E-state index in [0.717, 1.165) is 6.42 Å². The lowest BCUT2D eigenvalue weighted by molar-refractivity contribution is -0.143. The smallest absolute Gasteiger partial charge is 0.393 e. The second-order valence-electron chi connectivity index (χ2n) is 3.70. The lowest BCUT2D eigenvalue weighted by atomic mass is 10.2. The molecule has 0 radical (unpaired) electrons. The Balaban J connectivity index is 3.40. The van der Waals surface area contributed by atoms with Crippen molar-refractivity contribution in [2.75, 3.05) is 20.1 Å². The van der Waals surface area contributed by atoms with Crippen molar-refractivity contribution in [3.05, 3.63) is 0 Å². The van der Waals surface area contributed by atoms with E-state index in [4.69, 9.17) is 5.11 Å². The van der Waals surface area contributed by atoms with E-state index in [1.165, 1.54) is 11.9 Å². The van der Waals surface area contributed by atoms with Gasteiger partial charge >= 0.3 is 6.18 Å². The molecule has 1 N–H and O–H groups in total. The lowest BCUT2D eigenvalue weighted by Gasteiger charge is -2.18. The van der Waals surface area contributed by atoms with Crippen LogP contribution in [0.5, 0.6) is 0 Å². The lowest BCUT2D eigenvalue weighted by Crippen LogP contribution is -2.31. The summed E-state index contributed by atoms with van der Waals surface area (Å²) in [6.07, 6.45) is -2.36. The predicted molar refractivity (Wildman–Crippen MR) is 49.1 cm³/mol. The molecule has 0 rings (SSSR count). The number of hydrogen-bond donors (Lipinski definition) is 1. The van der Waals surface area contributed by atoms with Gasteiger partial charge in [0, 0.05) is 0 Å². The standard InChI is InChI=1S/C9H18F3NO/c1-8(14)5-3-4-6-13(2)7-9(10,11)12/h8,14H,3-7H2,1-2H3. The summed E-state index contributed by atoms with van der Waals surface area (Å²) in [6, 6.07) is 0.